The Labute approximate surface area is 102 Å². The molecule has 2 N–H and O–H groups in total. The van der Waals surface area contributed by atoms with Crippen molar-refractivity contribution in [2.45, 2.75) is 18.9 Å². The van der Waals surface area contributed by atoms with Gasteiger partial charge in [0.2, 0.25) is 0 Å². The van der Waals surface area contributed by atoms with Crippen LogP contribution in [0.5, 0.6) is 5.75 Å². The number of pyridine rings is 1. The van der Waals surface area contributed by atoms with Gasteiger partial charge in [-0.25, -0.2) is 4.98 Å². The Hall–Kier alpha value is -1.00. The van der Waals surface area contributed by atoms with Gasteiger partial charge in [0.1, 0.15) is 0 Å². The SMILES string of the molecule is CN(c1ncccc1O)[C@H]1CCCNC1.Cl. The quantitative estimate of drug-likeness (QED) is 0.825. The number of halogens is 1. The van der Waals surface area contributed by atoms with E-state index in [2.05, 4.69) is 15.2 Å². The maximum atomic E-state index is 9.69. The monoisotopic (exact) mass is 243 g/mol. The first-order valence-electron chi connectivity index (χ1n) is 5.36. The Morgan fingerprint density at radius 1 is 1.56 bits per heavy atom. The van der Waals surface area contributed by atoms with E-state index >= 15 is 0 Å². The van der Waals surface area contributed by atoms with Gasteiger partial charge >= 0.3 is 0 Å². The molecule has 1 aromatic rings. The molecule has 0 bridgehead atoms. The lowest BCUT2D eigenvalue weighted by atomic mass is 10.1. The van der Waals surface area contributed by atoms with Gasteiger partial charge in [0.25, 0.3) is 0 Å². The summed E-state index contributed by atoms with van der Waals surface area (Å²) in [6.45, 7) is 2.06. The molecule has 0 aromatic carbocycles. The van der Waals surface area contributed by atoms with Gasteiger partial charge in [0.15, 0.2) is 11.6 Å². The van der Waals surface area contributed by atoms with Gasteiger partial charge in [-0.3, -0.25) is 0 Å². The molecule has 1 aliphatic rings. The molecule has 16 heavy (non-hydrogen) atoms. The first-order valence-corrected chi connectivity index (χ1v) is 5.36. The van der Waals surface area contributed by atoms with Gasteiger partial charge < -0.3 is 15.3 Å². The van der Waals surface area contributed by atoms with E-state index in [1.165, 1.54) is 6.42 Å². The summed E-state index contributed by atoms with van der Waals surface area (Å²) in [6.07, 6.45) is 4.05. The van der Waals surface area contributed by atoms with E-state index in [0.717, 1.165) is 19.5 Å². The van der Waals surface area contributed by atoms with Crippen molar-refractivity contribution >= 4 is 18.2 Å². The average molecular weight is 244 g/mol. The van der Waals surface area contributed by atoms with Gasteiger partial charge in [-0.2, -0.15) is 0 Å². The normalized spacial score (nSPS) is 19.9. The number of hydrogen-bond acceptors (Lipinski definition) is 4. The van der Waals surface area contributed by atoms with Crippen LogP contribution in [0.1, 0.15) is 12.8 Å². The lowest BCUT2D eigenvalue weighted by Crippen LogP contribution is -2.44. The minimum Gasteiger partial charge on any atom is -0.504 e. The number of rotatable bonds is 2. The molecule has 1 atom stereocenters. The summed E-state index contributed by atoms with van der Waals surface area (Å²) in [5, 5.41) is 13.0. The second kappa shape index (κ2) is 5.92. The minimum atomic E-state index is 0. The standard InChI is InChI=1S/C11H17N3O.ClH/c1-14(9-4-2-6-12-8-9)11-10(15)5-3-7-13-11;/h3,5,7,9,12,15H,2,4,6,8H2,1H3;1H/t9-;/m0./s1. The molecule has 0 amide bonds. The lowest BCUT2D eigenvalue weighted by molar-refractivity contribution is 0.431. The number of hydrogen-bond donors (Lipinski definition) is 2. The smallest absolute Gasteiger partial charge is 0.171 e. The highest BCUT2D eigenvalue weighted by molar-refractivity contribution is 5.85. The van der Waals surface area contributed by atoms with Crippen molar-refractivity contribution < 1.29 is 5.11 Å². The van der Waals surface area contributed by atoms with Crippen molar-refractivity contribution in [3.63, 3.8) is 0 Å². The fourth-order valence-corrected chi connectivity index (χ4v) is 2.00. The van der Waals surface area contributed by atoms with Crippen LogP contribution in [0.15, 0.2) is 18.3 Å². The molecule has 0 unspecified atom stereocenters. The van der Waals surface area contributed by atoms with Crippen LogP contribution >= 0.6 is 12.4 Å². The summed E-state index contributed by atoms with van der Waals surface area (Å²) >= 11 is 0. The average Bonchev–Trinajstić information content (AvgIpc) is 2.30. The summed E-state index contributed by atoms with van der Waals surface area (Å²) in [6, 6.07) is 3.85. The number of anilines is 1. The Morgan fingerprint density at radius 2 is 2.38 bits per heavy atom. The van der Waals surface area contributed by atoms with E-state index in [1.54, 1.807) is 18.3 Å². The van der Waals surface area contributed by atoms with E-state index in [0.29, 0.717) is 11.9 Å². The zero-order chi connectivity index (χ0) is 10.7. The maximum absolute atomic E-state index is 9.69. The fourth-order valence-electron chi connectivity index (χ4n) is 2.00. The van der Waals surface area contributed by atoms with E-state index in [1.807, 2.05) is 7.05 Å². The lowest BCUT2D eigenvalue weighted by Gasteiger charge is -2.32. The van der Waals surface area contributed by atoms with Crippen molar-refractivity contribution in [2.75, 3.05) is 25.0 Å². The van der Waals surface area contributed by atoms with Crippen LogP contribution in [0.3, 0.4) is 0 Å². The van der Waals surface area contributed by atoms with Crippen molar-refractivity contribution in [3.8, 4) is 5.75 Å². The molecule has 0 spiro atoms. The third-order valence-electron chi connectivity index (χ3n) is 2.92. The van der Waals surface area contributed by atoms with Crippen molar-refractivity contribution in [1.82, 2.24) is 10.3 Å². The number of nitrogens with one attached hydrogen (secondary N) is 1. The van der Waals surface area contributed by atoms with Crippen LogP contribution in [0, 0.1) is 0 Å². The van der Waals surface area contributed by atoms with Gasteiger partial charge in [-0.1, -0.05) is 0 Å². The second-order valence-corrected chi connectivity index (χ2v) is 3.96. The largest absolute Gasteiger partial charge is 0.504 e. The molecule has 2 heterocycles. The second-order valence-electron chi connectivity index (χ2n) is 3.96. The highest BCUT2D eigenvalue weighted by Gasteiger charge is 2.20. The van der Waals surface area contributed by atoms with Gasteiger partial charge in [-0.15, -0.1) is 12.4 Å². The molecule has 0 saturated carbocycles. The van der Waals surface area contributed by atoms with Gasteiger partial charge in [0.05, 0.1) is 0 Å². The van der Waals surface area contributed by atoms with Crippen LogP contribution in [0.25, 0.3) is 0 Å². The molecule has 2 rings (SSSR count). The number of aromatic nitrogens is 1. The molecule has 0 radical (unpaired) electrons. The van der Waals surface area contributed by atoms with Crippen LogP contribution in [-0.2, 0) is 0 Å². The van der Waals surface area contributed by atoms with Crippen LogP contribution in [0.4, 0.5) is 5.82 Å². The van der Waals surface area contributed by atoms with Crippen LogP contribution in [-0.4, -0.2) is 36.3 Å². The van der Waals surface area contributed by atoms with Crippen LogP contribution in [0.2, 0.25) is 0 Å². The highest BCUT2D eigenvalue weighted by atomic mass is 35.5. The summed E-state index contributed by atoms with van der Waals surface area (Å²) in [4.78, 5) is 6.26. The summed E-state index contributed by atoms with van der Waals surface area (Å²) in [7, 11) is 1.99. The third-order valence-corrected chi connectivity index (χ3v) is 2.92. The first-order chi connectivity index (χ1) is 7.29. The Balaban J connectivity index is 0.00000128. The summed E-state index contributed by atoms with van der Waals surface area (Å²) < 4.78 is 0. The topological polar surface area (TPSA) is 48.4 Å². The molecule has 90 valence electrons. The predicted molar refractivity (Wildman–Crippen MR) is 67.4 cm³/mol. The third kappa shape index (κ3) is 2.77. The molecular formula is C11H18ClN3O. The molecule has 4 nitrogen and oxygen atoms in total. The number of nitrogens with zero attached hydrogens (tertiary/aromatic N) is 2. The van der Waals surface area contributed by atoms with E-state index in [9.17, 15) is 5.11 Å². The van der Waals surface area contributed by atoms with Crippen molar-refractivity contribution in [1.29, 1.82) is 0 Å². The molecule has 0 aliphatic carbocycles. The predicted octanol–water partition coefficient (Wildman–Crippen LogP) is 1.40. The van der Waals surface area contributed by atoms with Crippen molar-refractivity contribution in [2.24, 2.45) is 0 Å². The van der Waals surface area contributed by atoms with Gasteiger partial charge in [0, 0.05) is 25.8 Å². The summed E-state index contributed by atoms with van der Waals surface area (Å²) in [5.74, 6) is 0.928. The van der Waals surface area contributed by atoms with E-state index < -0.39 is 0 Å². The molecule has 1 aliphatic heterocycles. The van der Waals surface area contributed by atoms with Gasteiger partial charge in [-0.05, 0) is 31.5 Å². The fraction of sp³-hybridized carbons (Fsp3) is 0.545. The zero-order valence-corrected chi connectivity index (χ0v) is 10.2. The Kier molecular flexibility index (Phi) is 4.83. The molecule has 1 fully saturated rings. The van der Waals surface area contributed by atoms with E-state index in [-0.39, 0.29) is 18.2 Å². The molecular weight excluding hydrogens is 226 g/mol. The molecule has 1 saturated heterocycles. The highest BCUT2D eigenvalue weighted by Crippen LogP contribution is 2.25. The van der Waals surface area contributed by atoms with Crippen LogP contribution < -0.4 is 10.2 Å². The number of likely N-dealkylation sites (N-methyl/N-ethyl adjacent to an activating group) is 1. The van der Waals surface area contributed by atoms with Crippen molar-refractivity contribution in [3.05, 3.63) is 18.3 Å². The van der Waals surface area contributed by atoms with E-state index in [4.69, 9.17) is 0 Å². The minimum absolute atomic E-state index is 0. The summed E-state index contributed by atoms with van der Waals surface area (Å²) in [5.41, 5.74) is 0. The Morgan fingerprint density at radius 3 is 3.00 bits per heavy atom. The maximum Gasteiger partial charge on any atom is 0.171 e. The zero-order valence-electron chi connectivity index (χ0n) is 9.39. The Bertz CT molecular complexity index is 329. The molecule has 1 aromatic heterocycles. The first kappa shape index (κ1) is 13.1. The number of aromatic hydroxyl groups is 1. The number of piperidine rings is 1. The molecule has 5 heteroatoms.